The molecular formula is C20H20F5N5OS. The van der Waals surface area contributed by atoms with Crippen LogP contribution in [0.1, 0.15) is 33.2 Å². The maximum Gasteiger partial charge on any atom is 0.260 e. The van der Waals surface area contributed by atoms with Gasteiger partial charge < -0.3 is 10.5 Å². The molecule has 12 heteroatoms. The van der Waals surface area contributed by atoms with Crippen LogP contribution in [0.5, 0.6) is 0 Å². The molecule has 0 aliphatic carbocycles. The number of anilines is 2. The van der Waals surface area contributed by atoms with Gasteiger partial charge in [-0.2, -0.15) is 4.98 Å². The summed E-state index contributed by atoms with van der Waals surface area (Å²) in [6, 6.07) is 1.43. The molecule has 0 bridgehead atoms. The Bertz CT molecular complexity index is 1230. The van der Waals surface area contributed by atoms with Crippen LogP contribution < -0.4 is 16.0 Å². The molecule has 0 spiro atoms. The number of alkyl halides is 2. The van der Waals surface area contributed by atoms with Gasteiger partial charge in [0.15, 0.2) is 17.5 Å². The molecule has 2 aromatic heterocycles. The summed E-state index contributed by atoms with van der Waals surface area (Å²) in [7, 11) is 0. The highest BCUT2D eigenvalue weighted by Crippen LogP contribution is 2.33. The first-order valence-electron chi connectivity index (χ1n) is 9.58. The van der Waals surface area contributed by atoms with Gasteiger partial charge in [-0.25, -0.2) is 26.9 Å². The fourth-order valence-electron chi connectivity index (χ4n) is 3.01. The number of nitrogens with two attached hydrogens (primary N) is 1. The van der Waals surface area contributed by atoms with Gasteiger partial charge in [-0.15, -0.1) is 0 Å². The highest BCUT2D eigenvalue weighted by atomic mass is 32.2. The number of benzene rings is 1. The summed E-state index contributed by atoms with van der Waals surface area (Å²) in [4.78, 5) is 20.9. The number of fused-ring (bicyclic) bond motifs is 1. The lowest BCUT2D eigenvalue weighted by molar-refractivity contribution is 0.0236. The van der Waals surface area contributed by atoms with Crippen molar-refractivity contribution in [2.24, 2.45) is 0 Å². The molecule has 0 radical (unpaired) electrons. The molecule has 0 aliphatic rings. The van der Waals surface area contributed by atoms with Crippen molar-refractivity contribution >= 4 is 34.6 Å². The fraction of sp³-hybridized carbons (Fsp3) is 0.350. The minimum absolute atomic E-state index is 0.0797. The Kier molecular flexibility index (Phi) is 6.63. The Morgan fingerprint density at radius 3 is 2.50 bits per heavy atom. The van der Waals surface area contributed by atoms with E-state index >= 15 is 0 Å². The number of halogens is 5. The molecule has 0 saturated carbocycles. The van der Waals surface area contributed by atoms with Crippen molar-refractivity contribution in [2.75, 3.05) is 16.2 Å². The van der Waals surface area contributed by atoms with Gasteiger partial charge in [0.1, 0.15) is 11.3 Å². The zero-order valence-electron chi connectivity index (χ0n) is 17.3. The molecule has 3 N–H and O–H groups in total. The van der Waals surface area contributed by atoms with Crippen molar-refractivity contribution < 1.29 is 22.0 Å². The summed E-state index contributed by atoms with van der Waals surface area (Å²) in [6.07, 6.45) is 0.851. The molecule has 6 nitrogen and oxygen atoms in total. The predicted molar refractivity (Wildman–Crippen MR) is 115 cm³/mol. The maximum atomic E-state index is 14.9. The molecule has 3 rings (SSSR count). The lowest BCUT2D eigenvalue weighted by atomic mass is 10.0. The number of nitrogens with zero attached hydrogens (tertiary/aromatic N) is 3. The van der Waals surface area contributed by atoms with Crippen LogP contribution in [0.3, 0.4) is 0 Å². The number of aromatic nitrogens is 3. The van der Waals surface area contributed by atoms with Crippen LogP contribution >= 0.6 is 11.9 Å². The molecule has 0 saturated heterocycles. The highest BCUT2D eigenvalue weighted by molar-refractivity contribution is 8.00. The third-order valence-electron chi connectivity index (χ3n) is 4.73. The van der Waals surface area contributed by atoms with Crippen LogP contribution in [-0.4, -0.2) is 26.2 Å². The van der Waals surface area contributed by atoms with Gasteiger partial charge in [-0.05, 0) is 37.9 Å². The van der Waals surface area contributed by atoms with Crippen LogP contribution in [0.2, 0.25) is 0 Å². The van der Waals surface area contributed by atoms with E-state index in [1.54, 1.807) is 13.8 Å². The van der Waals surface area contributed by atoms with E-state index in [4.69, 9.17) is 5.73 Å². The van der Waals surface area contributed by atoms with E-state index in [1.165, 1.54) is 23.8 Å². The van der Waals surface area contributed by atoms with Crippen LogP contribution in [-0.2, 0) is 0 Å². The van der Waals surface area contributed by atoms with E-state index in [0.29, 0.717) is 23.4 Å². The molecule has 0 aliphatic heterocycles. The fourth-order valence-corrected chi connectivity index (χ4v) is 3.82. The van der Waals surface area contributed by atoms with Crippen molar-refractivity contribution in [1.29, 1.82) is 0 Å². The minimum Gasteiger partial charge on any atom is -0.368 e. The van der Waals surface area contributed by atoms with Crippen molar-refractivity contribution in [3.05, 3.63) is 46.1 Å². The van der Waals surface area contributed by atoms with E-state index in [-0.39, 0.29) is 17.2 Å². The monoisotopic (exact) mass is 473 g/mol. The Hall–Kier alpha value is -2.89. The average molecular weight is 473 g/mol. The van der Waals surface area contributed by atoms with E-state index in [9.17, 15) is 26.7 Å². The third kappa shape index (κ3) is 4.50. The summed E-state index contributed by atoms with van der Waals surface area (Å²) in [5.41, 5.74) is 3.21. The highest BCUT2D eigenvalue weighted by Gasteiger charge is 2.28. The standard InChI is InChI=1S/C20H20F5N5OS/c1-4-20(24,25)8-32-29-16-13(21)6-11(14(22)15(16)23)12-5-10-7-27-19(26)28-17(10)30(9(2)3)18(12)31/h5-7,9,29H,4,8H2,1-3H3,(H2,26,27,28). The molecule has 32 heavy (non-hydrogen) atoms. The topological polar surface area (TPSA) is 85.8 Å². The normalized spacial score (nSPS) is 12.0. The summed E-state index contributed by atoms with van der Waals surface area (Å²) in [5, 5.41) is 0.308. The van der Waals surface area contributed by atoms with Crippen LogP contribution in [0, 0.1) is 17.5 Å². The second-order valence-electron chi connectivity index (χ2n) is 7.34. The lowest BCUT2D eigenvalue weighted by Gasteiger charge is -2.17. The van der Waals surface area contributed by atoms with Crippen molar-refractivity contribution in [1.82, 2.24) is 14.5 Å². The van der Waals surface area contributed by atoms with Gasteiger partial charge in [0.05, 0.1) is 11.3 Å². The summed E-state index contributed by atoms with van der Waals surface area (Å²) < 4.78 is 74.2. The van der Waals surface area contributed by atoms with Crippen LogP contribution in [0.25, 0.3) is 22.2 Å². The molecule has 0 amide bonds. The first-order chi connectivity index (χ1) is 15.0. The molecule has 0 unspecified atom stereocenters. The second kappa shape index (κ2) is 8.93. The zero-order chi connectivity index (χ0) is 23.8. The Morgan fingerprint density at radius 1 is 1.19 bits per heavy atom. The Balaban J connectivity index is 2.12. The number of pyridine rings is 1. The molecule has 3 aromatic rings. The number of nitrogens with one attached hydrogen (secondary N) is 1. The largest absolute Gasteiger partial charge is 0.368 e. The third-order valence-corrected chi connectivity index (χ3v) is 5.65. The van der Waals surface area contributed by atoms with E-state index in [1.807, 2.05) is 0 Å². The number of rotatable bonds is 7. The maximum absolute atomic E-state index is 14.9. The molecule has 172 valence electrons. The molecule has 0 atom stereocenters. The molecule has 2 heterocycles. The smallest absolute Gasteiger partial charge is 0.260 e. The first kappa shape index (κ1) is 23.8. The quantitative estimate of drug-likeness (QED) is 0.281. The van der Waals surface area contributed by atoms with E-state index in [0.717, 1.165) is 0 Å². The average Bonchev–Trinajstić information content (AvgIpc) is 2.72. The van der Waals surface area contributed by atoms with Gasteiger partial charge in [-0.3, -0.25) is 9.36 Å². The summed E-state index contributed by atoms with van der Waals surface area (Å²) in [6.45, 7) is 4.62. The minimum atomic E-state index is -3.05. The predicted octanol–water partition coefficient (Wildman–Crippen LogP) is 5.14. The molecular weight excluding hydrogens is 453 g/mol. The Labute approximate surface area is 184 Å². The molecule has 0 fully saturated rings. The van der Waals surface area contributed by atoms with E-state index in [2.05, 4.69) is 14.7 Å². The van der Waals surface area contributed by atoms with Crippen LogP contribution in [0.4, 0.5) is 33.6 Å². The number of hydrogen-bond acceptors (Lipinski definition) is 6. The van der Waals surface area contributed by atoms with Crippen molar-refractivity contribution in [3.63, 3.8) is 0 Å². The first-order valence-corrected chi connectivity index (χ1v) is 10.6. The number of nitrogen functional groups attached to an aromatic ring is 1. The summed E-state index contributed by atoms with van der Waals surface area (Å²) >= 11 is 0.348. The van der Waals surface area contributed by atoms with Crippen LogP contribution in [0.15, 0.2) is 23.1 Å². The zero-order valence-corrected chi connectivity index (χ0v) is 18.2. The van der Waals surface area contributed by atoms with Gasteiger partial charge in [-0.1, -0.05) is 6.92 Å². The van der Waals surface area contributed by atoms with Crippen molar-refractivity contribution in [2.45, 2.75) is 39.2 Å². The number of hydrogen-bond donors (Lipinski definition) is 2. The Morgan fingerprint density at radius 2 is 1.88 bits per heavy atom. The second-order valence-corrected chi connectivity index (χ2v) is 8.12. The van der Waals surface area contributed by atoms with Gasteiger partial charge >= 0.3 is 0 Å². The van der Waals surface area contributed by atoms with E-state index < -0.39 is 58.4 Å². The van der Waals surface area contributed by atoms with Gasteiger partial charge in [0, 0.05) is 29.6 Å². The lowest BCUT2D eigenvalue weighted by Crippen LogP contribution is -2.25. The summed E-state index contributed by atoms with van der Waals surface area (Å²) in [5.74, 6) is -8.27. The van der Waals surface area contributed by atoms with Crippen molar-refractivity contribution in [3.8, 4) is 11.1 Å². The van der Waals surface area contributed by atoms with Gasteiger partial charge in [0.25, 0.3) is 11.5 Å². The molecule has 1 aromatic carbocycles. The SMILES string of the molecule is CCC(F)(F)CSNc1c(F)cc(-c2cc3cnc(N)nc3n(C(C)C)c2=O)c(F)c1F. The van der Waals surface area contributed by atoms with Gasteiger partial charge in [0.2, 0.25) is 5.95 Å².